The highest BCUT2D eigenvalue weighted by Gasteiger charge is 2.15. The van der Waals surface area contributed by atoms with E-state index in [4.69, 9.17) is 28.8 Å². The van der Waals surface area contributed by atoms with Crippen molar-refractivity contribution in [1.29, 1.82) is 10.5 Å². The Kier molecular flexibility index (Phi) is 34.5. The highest BCUT2D eigenvalue weighted by atomic mass is 32.1. The van der Waals surface area contributed by atoms with Crippen LogP contribution in [0.5, 0.6) is 0 Å². The van der Waals surface area contributed by atoms with Gasteiger partial charge in [-0.1, -0.05) is 142 Å². The summed E-state index contributed by atoms with van der Waals surface area (Å²) in [5.41, 5.74) is 3.87. The Morgan fingerprint density at radius 1 is 0.603 bits per heavy atom. The Morgan fingerprint density at radius 3 is 1.48 bits per heavy atom. The van der Waals surface area contributed by atoms with Crippen LogP contribution in [0.4, 0.5) is 16.4 Å². The molecule has 0 bridgehead atoms. The van der Waals surface area contributed by atoms with Gasteiger partial charge in [-0.3, -0.25) is 0 Å². The Morgan fingerprint density at radius 2 is 1.05 bits per heavy atom. The van der Waals surface area contributed by atoms with E-state index >= 15 is 0 Å². The van der Waals surface area contributed by atoms with Gasteiger partial charge < -0.3 is 33.7 Å². The fraction of sp³-hybridized carbons (Fsp3) is 0.740. The third-order valence-corrected chi connectivity index (χ3v) is 12.2. The number of benzene rings is 1. The summed E-state index contributed by atoms with van der Waals surface area (Å²) in [4.78, 5) is 13.3. The van der Waals surface area contributed by atoms with E-state index in [9.17, 15) is 15.3 Å². The molecular formula is C50H81N5O7S. The molecule has 1 heterocycles. The van der Waals surface area contributed by atoms with E-state index in [1.54, 1.807) is 6.92 Å². The van der Waals surface area contributed by atoms with Crippen LogP contribution in [0.3, 0.4) is 0 Å². The number of aryl methyl sites for hydroxylation is 1. The minimum Gasteiger partial charge on any atom is -0.480 e. The lowest BCUT2D eigenvalue weighted by Crippen LogP contribution is -2.29. The van der Waals surface area contributed by atoms with Gasteiger partial charge in [-0.2, -0.15) is 10.5 Å². The molecule has 0 fully saturated rings. The number of azo groups is 1. The van der Waals surface area contributed by atoms with Gasteiger partial charge in [0.25, 0.3) is 0 Å². The van der Waals surface area contributed by atoms with Gasteiger partial charge in [-0.05, 0) is 49.6 Å². The molecule has 1 aromatic carbocycles. The molecule has 0 aliphatic rings. The predicted molar refractivity (Wildman–Crippen MR) is 255 cm³/mol. The molecule has 0 spiro atoms. The van der Waals surface area contributed by atoms with Gasteiger partial charge >= 0.3 is 5.97 Å². The van der Waals surface area contributed by atoms with Crippen LogP contribution in [0, 0.1) is 36.5 Å². The number of carboxylic acid groups (broad SMARTS) is 1. The molecule has 354 valence electrons. The topological polar surface area (TPSA) is 159 Å². The Balaban J connectivity index is 1.66. The van der Waals surface area contributed by atoms with Gasteiger partial charge in [0.15, 0.2) is 5.00 Å². The molecule has 0 aliphatic carbocycles. The highest BCUT2D eigenvalue weighted by Crippen LogP contribution is 2.36. The number of hydrogen-bond donors (Lipinski definition) is 1. The van der Waals surface area contributed by atoms with Crippen LogP contribution in [0.1, 0.15) is 170 Å². The summed E-state index contributed by atoms with van der Waals surface area (Å²) < 4.78 is 27.4. The summed E-state index contributed by atoms with van der Waals surface area (Å²) >= 11 is 1.19. The van der Waals surface area contributed by atoms with Gasteiger partial charge in [0.2, 0.25) is 0 Å². The lowest BCUT2D eigenvalue weighted by Gasteiger charge is -2.25. The van der Waals surface area contributed by atoms with E-state index in [-0.39, 0.29) is 13.2 Å². The fourth-order valence-electron chi connectivity index (χ4n) is 7.35. The second-order valence-corrected chi connectivity index (χ2v) is 17.4. The fourth-order valence-corrected chi connectivity index (χ4v) is 8.23. The van der Waals surface area contributed by atoms with E-state index in [2.05, 4.69) is 46.3 Å². The van der Waals surface area contributed by atoms with Crippen molar-refractivity contribution in [2.75, 3.05) is 84.1 Å². The van der Waals surface area contributed by atoms with Gasteiger partial charge in [-0.15, -0.1) is 21.6 Å². The molecule has 1 N–H and O–H groups in total. The van der Waals surface area contributed by atoms with Gasteiger partial charge in [0.05, 0.1) is 70.7 Å². The smallest absolute Gasteiger partial charge is 0.329 e. The van der Waals surface area contributed by atoms with Crippen molar-refractivity contribution in [3.05, 3.63) is 39.8 Å². The first-order valence-corrected chi connectivity index (χ1v) is 25.0. The zero-order valence-corrected chi connectivity index (χ0v) is 40.1. The average Bonchev–Trinajstić information content (AvgIpc) is 3.60. The van der Waals surface area contributed by atoms with Gasteiger partial charge in [-0.25, -0.2) is 4.79 Å². The first-order valence-electron chi connectivity index (χ1n) is 24.2. The lowest BCUT2D eigenvalue weighted by molar-refractivity contribution is -0.142. The van der Waals surface area contributed by atoms with Crippen molar-refractivity contribution in [2.24, 2.45) is 10.2 Å². The largest absolute Gasteiger partial charge is 0.480 e. The molecule has 13 heteroatoms. The number of thiophene rings is 1. The monoisotopic (exact) mass is 896 g/mol. The molecule has 63 heavy (non-hydrogen) atoms. The minimum atomic E-state index is -0.995. The molecule has 0 aliphatic heterocycles. The molecule has 2 aromatic rings. The number of unbranched alkanes of at least 4 members (excludes halogenated alkanes) is 21. The van der Waals surface area contributed by atoms with Crippen molar-refractivity contribution in [3.8, 4) is 12.1 Å². The van der Waals surface area contributed by atoms with E-state index in [1.165, 1.54) is 146 Å². The van der Waals surface area contributed by atoms with Crippen molar-refractivity contribution in [1.82, 2.24) is 0 Å². The van der Waals surface area contributed by atoms with Crippen molar-refractivity contribution in [2.45, 2.75) is 162 Å². The van der Waals surface area contributed by atoms with Crippen molar-refractivity contribution in [3.63, 3.8) is 0 Å². The number of ether oxygens (including phenoxy) is 5. The molecular weight excluding hydrogens is 815 g/mol. The highest BCUT2D eigenvalue weighted by molar-refractivity contribution is 7.16. The Labute approximate surface area is 384 Å². The predicted octanol–water partition coefficient (Wildman–Crippen LogP) is 13.1. The molecule has 0 unspecified atom stereocenters. The quantitative estimate of drug-likeness (QED) is 0.0501. The first-order chi connectivity index (χ1) is 30.9. The first kappa shape index (κ1) is 55.7. The molecule has 0 amide bonds. The number of carboxylic acids is 1. The molecule has 2 rings (SSSR count). The van der Waals surface area contributed by atoms with E-state index in [0.29, 0.717) is 73.9 Å². The van der Waals surface area contributed by atoms with Crippen molar-refractivity contribution >= 4 is 33.7 Å². The van der Waals surface area contributed by atoms with E-state index in [1.807, 2.05) is 13.0 Å². The Hall–Kier alpha value is -3.43. The summed E-state index contributed by atoms with van der Waals surface area (Å²) in [5.74, 6) is -0.995. The second kappa shape index (κ2) is 39.0. The van der Waals surface area contributed by atoms with Crippen LogP contribution < -0.4 is 4.90 Å². The average molecular weight is 896 g/mol. The minimum absolute atomic E-state index is 0.236. The van der Waals surface area contributed by atoms with Gasteiger partial charge in [0, 0.05) is 18.8 Å². The van der Waals surface area contributed by atoms with E-state index in [0.717, 1.165) is 36.4 Å². The second-order valence-electron chi connectivity index (χ2n) is 16.4. The van der Waals surface area contributed by atoms with Crippen LogP contribution >= 0.6 is 11.3 Å². The van der Waals surface area contributed by atoms with Crippen LogP contribution in [-0.4, -0.2) is 90.2 Å². The maximum Gasteiger partial charge on any atom is 0.329 e. The lowest BCUT2D eigenvalue weighted by atomic mass is 10.0. The summed E-state index contributed by atoms with van der Waals surface area (Å²) in [6, 6.07) is 10.5. The third kappa shape index (κ3) is 28.2. The number of nitrogens with zero attached hydrogens (tertiary/aromatic N) is 5. The van der Waals surface area contributed by atoms with Crippen LogP contribution in [-0.2, 0) is 28.5 Å². The number of aliphatic carboxylic acids is 1. The number of carbonyl (C=O) groups is 1. The zero-order valence-electron chi connectivity index (χ0n) is 39.3. The van der Waals surface area contributed by atoms with Crippen molar-refractivity contribution < 1.29 is 33.6 Å². The standard InChI is InChI=1S/C50H81N5O7S/c1-4-5-6-7-8-9-10-11-12-13-14-15-16-17-18-19-20-21-22-23-24-25-28-55(29-30-58-31-32-59-33-34-60-35-36-61-37-38-62-42-49(56)57)45-26-27-47(43(2)39-45)53-54-50-46(40-51)44(3)48(41-52)63-50/h26-27,39H,4-25,28-38,42H2,1-3H3,(H,56,57). The number of anilines is 1. The molecule has 0 atom stereocenters. The molecule has 12 nitrogen and oxygen atoms in total. The maximum absolute atomic E-state index is 10.4. The van der Waals surface area contributed by atoms with E-state index < -0.39 is 5.97 Å². The SMILES string of the molecule is CCCCCCCCCCCCCCCCCCCCCCCCN(CCOCCOCCOCCOCCOCC(=O)O)c1ccc(N=Nc2sc(C#N)c(C)c2C#N)c(C)c1. The molecule has 0 radical (unpaired) electrons. The maximum atomic E-state index is 10.4. The number of hydrogen-bond acceptors (Lipinski definition) is 12. The summed E-state index contributed by atoms with van der Waals surface area (Å²) in [6.07, 6.45) is 30.2. The number of nitriles is 2. The molecule has 0 saturated carbocycles. The van der Waals surface area contributed by atoms with Crippen LogP contribution in [0.15, 0.2) is 28.4 Å². The zero-order chi connectivity index (χ0) is 45.4. The van der Waals surface area contributed by atoms with Gasteiger partial charge in [0.1, 0.15) is 23.6 Å². The molecule has 0 saturated heterocycles. The summed E-state index contributed by atoms with van der Waals surface area (Å²) in [5, 5.41) is 36.9. The van der Waals surface area contributed by atoms with Crippen LogP contribution in [0.25, 0.3) is 0 Å². The summed E-state index contributed by atoms with van der Waals surface area (Å²) in [7, 11) is 0. The summed E-state index contributed by atoms with van der Waals surface area (Å²) in [6.45, 7) is 11.3. The molecule has 1 aromatic heterocycles. The third-order valence-electron chi connectivity index (χ3n) is 11.1. The number of rotatable bonds is 43. The van der Waals surface area contributed by atoms with Crippen LogP contribution in [0.2, 0.25) is 0 Å². The normalized spacial score (nSPS) is 11.4. The Bertz CT molecular complexity index is 1570.